The molecule has 2 aromatic heterocycles. The molecule has 0 saturated carbocycles. The fourth-order valence-electron chi connectivity index (χ4n) is 3.57. The molecule has 2 aromatic carbocycles. The SMILES string of the molecule is O=C(c1ccc(-c2nc3ccccc3s2)o1)N1CCN(S(=O)(=O)c2ccccc2)CC1. The number of aromatic nitrogens is 1. The summed E-state index contributed by atoms with van der Waals surface area (Å²) in [5.74, 6) is 0.535. The Balaban J connectivity index is 1.28. The minimum absolute atomic E-state index is 0.230. The van der Waals surface area contributed by atoms with E-state index >= 15 is 0 Å². The van der Waals surface area contributed by atoms with Crippen LogP contribution in [-0.4, -0.2) is 54.7 Å². The Bertz CT molecular complexity index is 1300. The number of sulfonamides is 1. The number of piperazine rings is 1. The fraction of sp³-hybridized carbons (Fsp3) is 0.182. The summed E-state index contributed by atoms with van der Waals surface area (Å²) in [6.45, 7) is 1.10. The first-order chi connectivity index (χ1) is 15.0. The molecule has 0 unspecified atom stereocenters. The Kier molecular flexibility index (Phi) is 5.09. The first-order valence-electron chi connectivity index (χ1n) is 9.83. The molecular formula is C22H19N3O4S2. The van der Waals surface area contributed by atoms with Crippen molar-refractivity contribution in [2.24, 2.45) is 0 Å². The maximum absolute atomic E-state index is 12.9. The van der Waals surface area contributed by atoms with E-state index in [4.69, 9.17) is 4.42 Å². The quantitative estimate of drug-likeness (QED) is 0.470. The summed E-state index contributed by atoms with van der Waals surface area (Å²) in [5, 5.41) is 0.721. The lowest BCUT2D eigenvalue weighted by Gasteiger charge is -2.33. The van der Waals surface area contributed by atoms with E-state index in [1.54, 1.807) is 47.4 Å². The van der Waals surface area contributed by atoms with E-state index in [-0.39, 0.29) is 29.7 Å². The minimum Gasteiger partial charge on any atom is -0.448 e. The van der Waals surface area contributed by atoms with Gasteiger partial charge in [-0.05, 0) is 36.4 Å². The summed E-state index contributed by atoms with van der Waals surface area (Å²) in [4.78, 5) is 19.3. The van der Waals surface area contributed by atoms with Crippen LogP contribution in [0.3, 0.4) is 0 Å². The lowest BCUT2D eigenvalue weighted by molar-refractivity contribution is 0.0667. The van der Waals surface area contributed by atoms with Crippen molar-refractivity contribution in [1.29, 1.82) is 0 Å². The molecule has 3 heterocycles. The van der Waals surface area contributed by atoms with E-state index in [1.807, 2.05) is 24.3 Å². The molecule has 1 saturated heterocycles. The summed E-state index contributed by atoms with van der Waals surface area (Å²) < 4.78 is 33.8. The monoisotopic (exact) mass is 453 g/mol. The number of nitrogens with zero attached hydrogens (tertiary/aromatic N) is 3. The van der Waals surface area contributed by atoms with Crippen LogP contribution in [0.25, 0.3) is 21.0 Å². The van der Waals surface area contributed by atoms with Crippen molar-refractivity contribution in [3.05, 3.63) is 72.5 Å². The maximum atomic E-state index is 12.9. The molecule has 9 heteroatoms. The molecule has 5 rings (SSSR count). The van der Waals surface area contributed by atoms with Crippen molar-refractivity contribution in [3.63, 3.8) is 0 Å². The summed E-state index contributed by atoms with van der Waals surface area (Å²) in [6, 6.07) is 19.6. The number of hydrogen-bond donors (Lipinski definition) is 0. The highest BCUT2D eigenvalue weighted by atomic mass is 32.2. The number of rotatable bonds is 4. The fourth-order valence-corrected chi connectivity index (χ4v) is 5.94. The number of fused-ring (bicyclic) bond motifs is 1. The molecular weight excluding hydrogens is 434 g/mol. The second kappa shape index (κ2) is 7.92. The van der Waals surface area contributed by atoms with Gasteiger partial charge in [0.15, 0.2) is 16.5 Å². The Hall–Kier alpha value is -3.01. The van der Waals surface area contributed by atoms with Gasteiger partial charge in [-0.2, -0.15) is 4.31 Å². The molecule has 0 spiro atoms. The van der Waals surface area contributed by atoms with Gasteiger partial charge in [-0.25, -0.2) is 13.4 Å². The molecule has 0 bridgehead atoms. The van der Waals surface area contributed by atoms with Gasteiger partial charge < -0.3 is 9.32 Å². The normalized spacial score (nSPS) is 15.4. The number of amides is 1. The number of carbonyl (C=O) groups is 1. The first kappa shape index (κ1) is 19.9. The Morgan fingerprint density at radius 3 is 2.35 bits per heavy atom. The lowest BCUT2D eigenvalue weighted by Crippen LogP contribution is -2.50. The van der Waals surface area contributed by atoms with Gasteiger partial charge in [0.05, 0.1) is 15.1 Å². The first-order valence-corrected chi connectivity index (χ1v) is 12.1. The highest BCUT2D eigenvalue weighted by Gasteiger charge is 2.31. The zero-order chi connectivity index (χ0) is 21.4. The van der Waals surface area contributed by atoms with Crippen LogP contribution < -0.4 is 0 Å². The van der Waals surface area contributed by atoms with E-state index in [0.29, 0.717) is 18.8 Å². The van der Waals surface area contributed by atoms with Crippen LogP contribution in [0.2, 0.25) is 0 Å². The third-order valence-electron chi connectivity index (χ3n) is 5.23. The van der Waals surface area contributed by atoms with Crippen LogP contribution in [0, 0.1) is 0 Å². The van der Waals surface area contributed by atoms with Crippen LogP contribution in [0.5, 0.6) is 0 Å². The van der Waals surface area contributed by atoms with E-state index < -0.39 is 10.0 Å². The van der Waals surface area contributed by atoms with Crippen molar-refractivity contribution in [1.82, 2.24) is 14.2 Å². The van der Waals surface area contributed by atoms with E-state index in [2.05, 4.69) is 4.98 Å². The van der Waals surface area contributed by atoms with E-state index in [9.17, 15) is 13.2 Å². The molecule has 0 aliphatic carbocycles. The molecule has 0 atom stereocenters. The molecule has 0 radical (unpaired) electrons. The van der Waals surface area contributed by atoms with E-state index in [0.717, 1.165) is 15.2 Å². The molecule has 1 aliphatic heterocycles. The number of furan rings is 1. The highest BCUT2D eigenvalue weighted by molar-refractivity contribution is 7.89. The van der Waals surface area contributed by atoms with Crippen molar-refractivity contribution in [3.8, 4) is 10.8 Å². The third kappa shape index (κ3) is 3.76. The standard InChI is InChI=1S/C22H19N3O4S2/c26-22(19-11-10-18(29-19)21-23-17-8-4-5-9-20(17)30-21)24-12-14-25(15-13-24)31(27,28)16-6-2-1-3-7-16/h1-11H,12-15H2. The third-order valence-corrected chi connectivity index (χ3v) is 8.19. The van der Waals surface area contributed by atoms with Gasteiger partial charge in [0.1, 0.15) is 0 Å². The molecule has 1 aliphatic rings. The van der Waals surface area contributed by atoms with Crippen LogP contribution >= 0.6 is 11.3 Å². The molecule has 4 aromatic rings. The topological polar surface area (TPSA) is 83.7 Å². The maximum Gasteiger partial charge on any atom is 0.289 e. The van der Waals surface area contributed by atoms with Gasteiger partial charge in [-0.1, -0.05) is 30.3 Å². The number of benzene rings is 2. The number of para-hydroxylation sites is 1. The van der Waals surface area contributed by atoms with Gasteiger partial charge in [-0.15, -0.1) is 11.3 Å². The van der Waals surface area contributed by atoms with Crippen molar-refractivity contribution in [2.45, 2.75) is 4.90 Å². The minimum atomic E-state index is -3.56. The number of hydrogen-bond acceptors (Lipinski definition) is 6. The van der Waals surface area contributed by atoms with Crippen molar-refractivity contribution in [2.75, 3.05) is 26.2 Å². The smallest absolute Gasteiger partial charge is 0.289 e. The molecule has 158 valence electrons. The summed E-state index contributed by atoms with van der Waals surface area (Å²) in [5.41, 5.74) is 0.891. The van der Waals surface area contributed by atoms with Crippen LogP contribution in [0.4, 0.5) is 0 Å². The van der Waals surface area contributed by atoms with Crippen LogP contribution in [0.1, 0.15) is 10.6 Å². The van der Waals surface area contributed by atoms with Crippen LogP contribution in [-0.2, 0) is 10.0 Å². The average Bonchev–Trinajstić information content (AvgIpc) is 3.46. The summed E-state index contributed by atoms with van der Waals surface area (Å²) in [7, 11) is -3.56. The predicted octanol–water partition coefficient (Wildman–Crippen LogP) is 3.70. The second-order valence-corrected chi connectivity index (χ2v) is 10.1. The Morgan fingerprint density at radius 2 is 1.61 bits per heavy atom. The second-order valence-electron chi connectivity index (χ2n) is 7.16. The predicted molar refractivity (Wildman–Crippen MR) is 118 cm³/mol. The average molecular weight is 454 g/mol. The largest absolute Gasteiger partial charge is 0.448 e. The van der Waals surface area contributed by atoms with Crippen molar-refractivity contribution >= 4 is 37.5 Å². The zero-order valence-electron chi connectivity index (χ0n) is 16.5. The summed E-state index contributed by atoms with van der Waals surface area (Å²) >= 11 is 1.51. The zero-order valence-corrected chi connectivity index (χ0v) is 18.1. The van der Waals surface area contributed by atoms with Crippen molar-refractivity contribution < 1.29 is 17.6 Å². The molecule has 0 N–H and O–H groups in total. The number of carbonyl (C=O) groups excluding carboxylic acids is 1. The van der Waals surface area contributed by atoms with Gasteiger partial charge in [0.2, 0.25) is 10.0 Å². The van der Waals surface area contributed by atoms with Gasteiger partial charge in [0.25, 0.3) is 5.91 Å². The molecule has 31 heavy (non-hydrogen) atoms. The van der Waals surface area contributed by atoms with Crippen LogP contribution in [0.15, 0.2) is 76.0 Å². The lowest BCUT2D eigenvalue weighted by atomic mass is 10.3. The highest BCUT2D eigenvalue weighted by Crippen LogP contribution is 2.31. The molecule has 1 fully saturated rings. The Labute approximate surface area is 183 Å². The van der Waals surface area contributed by atoms with E-state index in [1.165, 1.54) is 15.6 Å². The molecule has 1 amide bonds. The van der Waals surface area contributed by atoms with Gasteiger partial charge >= 0.3 is 0 Å². The van der Waals surface area contributed by atoms with Gasteiger partial charge in [-0.3, -0.25) is 4.79 Å². The molecule has 7 nitrogen and oxygen atoms in total. The number of thiazole rings is 1. The summed E-state index contributed by atoms with van der Waals surface area (Å²) in [6.07, 6.45) is 0. The van der Waals surface area contributed by atoms with Gasteiger partial charge in [0, 0.05) is 26.2 Å². The Morgan fingerprint density at radius 1 is 0.903 bits per heavy atom.